The highest BCUT2D eigenvalue weighted by molar-refractivity contribution is 8.14. The Hall–Kier alpha value is -3.86. The molecule has 4 heteroatoms. The van der Waals surface area contributed by atoms with Crippen molar-refractivity contribution in [1.82, 2.24) is 0 Å². The Labute approximate surface area is 289 Å². The Balaban J connectivity index is 1.47. The highest BCUT2D eigenvalue weighted by Gasteiger charge is 2.62. The Bertz CT molecular complexity index is 1910. The van der Waals surface area contributed by atoms with Crippen molar-refractivity contribution in [3.05, 3.63) is 171 Å². The van der Waals surface area contributed by atoms with E-state index in [-0.39, 0.29) is 9.49 Å². The lowest BCUT2D eigenvalue weighted by Crippen LogP contribution is -2.48. The van der Waals surface area contributed by atoms with Gasteiger partial charge in [-0.3, -0.25) is 0 Å². The van der Waals surface area contributed by atoms with Crippen molar-refractivity contribution < 1.29 is 0 Å². The Kier molecular flexibility index (Phi) is 7.02. The molecule has 1 aliphatic carbocycles. The first kappa shape index (κ1) is 30.5. The van der Waals surface area contributed by atoms with Crippen LogP contribution < -0.4 is 9.80 Å². The van der Waals surface area contributed by atoms with E-state index in [2.05, 4.69) is 169 Å². The largest absolute Gasteiger partial charge is 0.307 e. The monoisotopic (exact) mass is 648 g/mol. The predicted octanol–water partition coefficient (Wildman–Crippen LogP) is 11.5. The maximum absolute atomic E-state index is 4.01. The summed E-state index contributed by atoms with van der Waals surface area (Å²) in [7, 11) is 0. The van der Waals surface area contributed by atoms with Crippen LogP contribution in [0.25, 0.3) is 9.81 Å². The number of fused-ring (bicyclic) bond motifs is 4. The number of anilines is 2. The molecule has 0 amide bonds. The highest BCUT2D eigenvalue weighted by Crippen LogP contribution is 2.70. The quantitative estimate of drug-likeness (QED) is 0.217. The van der Waals surface area contributed by atoms with E-state index in [9.17, 15) is 0 Å². The van der Waals surface area contributed by atoms with Crippen LogP contribution in [0, 0.1) is 48.2 Å². The van der Waals surface area contributed by atoms with Gasteiger partial charge in [-0.25, -0.2) is 0 Å². The van der Waals surface area contributed by atoms with E-state index in [1.54, 1.807) is 0 Å². The second-order valence-electron chi connectivity index (χ2n) is 13.8. The molecule has 0 aromatic heterocycles. The molecule has 1 saturated heterocycles. The molecule has 8 rings (SSSR count). The van der Waals surface area contributed by atoms with Crippen LogP contribution in [0.4, 0.5) is 11.4 Å². The summed E-state index contributed by atoms with van der Waals surface area (Å²) in [6, 6.07) is 31.1. The zero-order chi connectivity index (χ0) is 32.8. The fraction of sp³-hybridized carbons (Fsp3) is 0.233. The van der Waals surface area contributed by atoms with Crippen LogP contribution in [0.1, 0.15) is 58.4 Å². The van der Waals surface area contributed by atoms with E-state index in [4.69, 9.17) is 0 Å². The van der Waals surface area contributed by atoms with Gasteiger partial charge in [0.2, 0.25) is 6.67 Å². The molecule has 4 aliphatic rings. The van der Waals surface area contributed by atoms with Crippen LogP contribution in [-0.4, -0.2) is 9.49 Å². The fourth-order valence-electron chi connectivity index (χ4n) is 8.21. The number of hydrogen-bond acceptors (Lipinski definition) is 4. The number of aryl methyl sites for hydroxylation is 6. The zero-order valence-corrected chi connectivity index (χ0v) is 30.1. The van der Waals surface area contributed by atoms with Gasteiger partial charge >= 0.3 is 0 Å². The first-order valence-corrected chi connectivity index (χ1v) is 18.1. The number of rotatable bonds is 4. The number of allylic oxidation sites excluding steroid dienone is 2. The van der Waals surface area contributed by atoms with Gasteiger partial charge in [-0.1, -0.05) is 96.1 Å². The molecule has 4 aromatic rings. The lowest BCUT2D eigenvalue weighted by Gasteiger charge is -2.47. The van der Waals surface area contributed by atoms with Crippen molar-refractivity contribution in [1.29, 1.82) is 0 Å². The molecule has 0 saturated carbocycles. The third-order valence-electron chi connectivity index (χ3n) is 10.3. The second kappa shape index (κ2) is 10.8. The van der Waals surface area contributed by atoms with Crippen molar-refractivity contribution in [3.8, 4) is 0 Å². The summed E-state index contributed by atoms with van der Waals surface area (Å²) >= 11 is 4.05. The molecule has 2 nitrogen and oxygen atoms in total. The lowest BCUT2D eigenvalue weighted by atomic mass is 9.74. The summed E-state index contributed by atoms with van der Waals surface area (Å²) in [5, 5.41) is 0. The fourth-order valence-corrected chi connectivity index (χ4v) is 11.3. The van der Waals surface area contributed by atoms with Crippen LogP contribution in [0.2, 0.25) is 0 Å². The molecule has 0 spiro atoms. The molecule has 1 fully saturated rings. The average Bonchev–Trinajstić information content (AvgIpc) is 3.69. The summed E-state index contributed by atoms with van der Waals surface area (Å²) in [6.07, 6.45) is 4.98. The summed E-state index contributed by atoms with van der Waals surface area (Å²) in [5.41, 5.74) is 17.9. The smallest absolute Gasteiger partial charge is 0.218 e. The minimum Gasteiger partial charge on any atom is -0.307 e. The molecular weight excluding hydrogens is 609 g/mol. The number of thioether (sulfide) groups is 2. The highest BCUT2D eigenvalue weighted by atomic mass is 32.2. The van der Waals surface area contributed by atoms with E-state index in [1.807, 2.05) is 23.5 Å². The summed E-state index contributed by atoms with van der Waals surface area (Å²) in [4.78, 5) is 7.46. The third-order valence-corrected chi connectivity index (χ3v) is 13.7. The Morgan fingerprint density at radius 3 is 1.19 bits per heavy atom. The van der Waals surface area contributed by atoms with Gasteiger partial charge in [0.05, 0.1) is 20.9 Å². The minimum atomic E-state index is -0.232. The Morgan fingerprint density at radius 1 is 0.511 bits per heavy atom. The van der Waals surface area contributed by atoms with Crippen LogP contribution in [-0.2, 0) is 0 Å². The molecule has 3 aliphatic heterocycles. The van der Waals surface area contributed by atoms with Crippen molar-refractivity contribution in [2.24, 2.45) is 0 Å². The van der Waals surface area contributed by atoms with Crippen LogP contribution in [0.5, 0.6) is 0 Å². The molecule has 47 heavy (non-hydrogen) atoms. The molecule has 2 atom stereocenters. The van der Waals surface area contributed by atoms with Gasteiger partial charge in [0.15, 0.2) is 0 Å². The van der Waals surface area contributed by atoms with E-state index < -0.39 is 0 Å². The summed E-state index contributed by atoms with van der Waals surface area (Å²) in [5.74, 6) is 0. The van der Waals surface area contributed by atoms with E-state index in [0.717, 1.165) is 0 Å². The van der Waals surface area contributed by atoms with Crippen LogP contribution in [0.3, 0.4) is 0 Å². The van der Waals surface area contributed by atoms with Crippen molar-refractivity contribution in [3.63, 3.8) is 0 Å². The molecule has 0 bridgehead atoms. The SMILES string of the molecule is Cc1cc(C)c(N2[C]N(c3c(C)cc(C)cc3C)C3=C4C=C(c5ccccc5)S[C@]4(C)[C@@]4(C)SC(c5ccccc5)=CC4=C32)c(C)c1. The normalized spacial score (nSPS) is 23.2. The topological polar surface area (TPSA) is 6.48 Å². The lowest BCUT2D eigenvalue weighted by molar-refractivity contribution is 0.607. The van der Waals surface area contributed by atoms with Crippen molar-refractivity contribution >= 4 is 44.7 Å². The van der Waals surface area contributed by atoms with Gasteiger partial charge in [-0.2, -0.15) is 0 Å². The summed E-state index contributed by atoms with van der Waals surface area (Å²) < 4.78 is -0.465. The molecule has 0 unspecified atom stereocenters. The van der Waals surface area contributed by atoms with E-state index >= 15 is 0 Å². The molecule has 0 N–H and O–H groups in total. The first-order chi connectivity index (χ1) is 22.5. The van der Waals surface area contributed by atoms with Crippen molar-refractivity contribution in [2.75, 3.05) is 9.80 Å². The maximum atomic E-state index is 4.01. The van der Waals surface area contributed by atoms with E-state index in [0.29, 0.717) is 0 Å². The van der Waals surface area contributed by atoms with Gasteiger partial charge in [0, 0.05) is 21.2 Å². The standard InChI is InChI=1S/C43H40N2S2/c1-26-19-28(3)38(29(4)20-26)44-25-45(39-30(5)21-27(2)22-31(39)6)41-35-24-37(33-17-13-10-14-18-33)47-43(35,8)42(7)34(40(41)44)23-36(46-42)32-15-11-9-12-16-32/h9-24H,1-8H3/t42-,43-/m0/s1. The Morgan fingerprint density at radius 2 is 0.851 bits per heavy atom. The van der Waals surface area contributed by atoms with Gasteiger partial charge in [-0.15, -0.1) is 23.5 Å². The zero-order valence-electron chi connectivity index (χ0n) is 28.4. The molecule has 4 aromatic carbocycles. The minimum absolute atomic E-state index is 0.232. The van der Waals surface area contributed by atoms with Gasteiger partial charge in [0.1, 0.15) is 0 Å². The van der Waals surface area contributed by atoms with Crippen molar-refractivity contribution in [2.45, 2.75) is 64.9 Å². The van der Waals surface area contributed by atoms with Crippen LogP contribution in [0.15, 0.2) is 120 Å². The number of nitrogens with zero attached hydrogens (tertiary/aromatic N) is 2. The van der Waals surface area contributed by atoms with Gasteiger partial charge < -0.3 is 9.80 Å². The summed E-state index contributed by atoms with van der Waals surface area (Å²) in [6.45, 7) is 22.4. The molecule has 234 valence electrons. The maximum Gasteiger partial charge on any atom is 0.218 e. The van der Waals surface area contributed by atoms with Crippen LogP contribution >= 0.6 is 23.5 Å². The van der Waals surface area contributed by atoms with Gasteiger partial charge in [-0.05, 0) is 112 Å². The average molecular weight is 649 g/mol. The van der Waals surface area contributed by atoms with E-state index in [1.165, 1.54) is 88.2 Å². The molecule has 2 radical (unpaired) electrons. The predicted molar refractivity (Wildman–Crippen MR) is 204 cm³/mol. The van der Waals surface area contributed by atoms with Gasteiger partial charge in [0.25, 0.3) is 0 Å². The third kappa shape index (κ3) is 4.48. The second-order valence-corrected chi connectivity index (χ2v) is 16.7. The molecule has 3 heterocycles. The number of hydrogen-bond donors (Lipinski definition) is 0. The number of benzene rings is 4. The molecular formula is C43H40N2S2. The first-order valence-electron chi connectivity index (χ1n) is 16.4.